The maximum atomic E-state index is 12.2. The van der Waals surface area contributed by atoms with E-state index in [1.165, 1.54) is 12.1 Å². The van der Waals surface area contributed by atoms with Gasteiger partial charge in [0.2, 0.25) is 0 Å². The number of hydrogen-bond donors (Lipinski definition) is 1. The summed E-state index contributed by atoms with van der Waals surface area (Å²) in [5, 5.41) is 1.70. The molecule has 1 N–H and O–H groups in total. The highest BCUT2D eigenvalue weighted by Gasteiger charge is 2.28. The fourth-order valence-electron chi connectivity index (χ4n) is 1.75. The molecule has 0 radical (unpaired) electrons. The molecule has 0 fully saturated rings. The number of benzene rings is 2. The molecule has 25 heavy (non-hydrogen) atoms. The maximum absolute atomic E-state index is 12.2. The Hall–Kier alpha value is -1.82. The number of rotatable bonds is 5. The molecular formula is C15H11F3INO4S. The van der Waals surface area contributed by atoms with Crippen LogP contribution in [0.4, 0.5) is 13.2 Å². The standard InChI is InChI=1S/C15H11F3INO4S/c16-15(17,18)9-20-14(21)10-4-6-13(7-5-10)25(22,23)24-12-3-1-2-11(19)8-12/h1-8H,9H2,(H,20,21). The largest absolute Gasteiger partial charge is 0.405 e. The van der Waals surface area contributed by atoms with E-state index in [2.05, 4.69) is 0 Å². The molecule has 2 aromatic carbocycles. The molecule has 1 amide bonds. The lowest BCUT2D eigenvalue weighted by Gasteiger charge is -2.09. The first kappa shape index (κ1) is 19.5. The van der Waals surface area contributed by atoms with Crippen LogP contribution in [0.3, 0.4) is 0 Å². The highest BCUT2D eigenvalue weighted by molar-refractivity contribution is 14.1. The van der Waals surface area contributed by atoms with Crippen molar-refractivity contribution in [1.29, 1.82) is 0 Å². The van der Waals surface area contributed by atoms with Crippen LogP contribution in [0.25, 0.3) is 0 Å². The van der Waals surface area contributed by atoms with Crippen molar-refractivity contribution in [2.24, 2.45) is 0 Å². The summed E-state index contributed by atoms with van der Waals surface area (Å²) in [6, 6.07) is 10.8. The first-order valence-corrected chi connectivity index (χ1v) is 9.21. The Morgan fingerprint density at radius 2 is 1.76 bits per heavy atom. The topological polar surface area (TPSA) is 72.5 Å². The van der Waals surface area contributed by atoms with Crippen molar-refractivity contribution < 1.29 is 30.6 Å². The summed E-state index contributed by atoms with van der Waals surface area (Å²) in [7, 11) is -4.12. The number of nitrogens with one attached hydrogen (secondary N) is 1. The number of alkyl halides is 3. The van der Waals surface area contributed by atoms with Crippen molar-refractivity contribution in [2.45, 2.75) is 11.1 Å². The molecule has 10 heteroatoms. The van der Waals surface area contributed by atoms with Gasteiger partial charge in [0.25, 0.3) is 5.91 Å². The minimum atomic E-state index is -4.53. The molecule has 0 spiro atoms. The van der Waals surface area contributed by atoms with Crippen molar-refractivity contribution in [3.63, 3.8) is 0 Å². The molecule has 0 bridgehead atoms. The summed E-state index contributed by atoms with van der Waals surface area (Å²) in [4.78, 5) is 11.4. The Bertz CT molecular complexity index is 867. The Morgan fingerprint density at radius 3 is 2.32 bits per heavy atom. The maximum Gasteiger partial charge on any atom is 0.405 e. The second-order valence-electron chi connectivity index (χ2n) is 4.82. The summed E-state index contributed by atoms with van der Waals surface area (Å²) in [5.74, 6) is -0.835. The monoisotopic (exact) mass is 485 g/mol. The number of hydrogen-bond acceptors (Lipinski definition) is 4. The zero-order valence-corrected chi connectivity index (χ0v) is 15.4. The Balaban J connectivity index is 2.11. The van der Waals surface area contributed by atoms with Crippen molar-refractivity contribution in [3.8, 4) is 5.75 Å². The van der Waals surface area contributed by atoms with E-state index in [0.717, 1.165) is 27.8 Å². The SMILES string of the molecule is O=C(NCC(F)(F)F)c1ccc(S(=O)(=O)Oc2cccc(I)c2)cc1. The smallest absolute Gasteiger partial charge is 0.379 e. The van der Waals surface area contributed by atoms with Crippen LogP contribution in [0.5, 0.6) is 5.75 Å². The van der Waals surface area contributed by atoms with E-state index >= 15 is 0 Å². The first-order chi connectivity index (χ1) is 11.6. The zero-order valence-electron chi connectivity index (χ0n) is 12.4. The summed E-state index contributed by atoms with van der Waals surface area (Å²) in [6.07, 6.45) is -4.53. The Morgan fingerprint density at radius 1 is 1.12 bits per heavy atom. The van der Waals surface area contributed by atoms with Crippen LogP contribution >= 0.6 is 22.6 Å². The van der Waals surface area contributed by atoms with E-state index in [-0.39, 0.29) is 16.2 Å². The van der Waals surface area contributed by atoms with Crippen LogP contribution in [-0.2, 0) is 10.1 Å². The lowest BCUT2D eigenvalue weighted by molar-refractivity contribution is -0.123. The van der Waals surface area contributed by atoms with Crippen LogP contribution in [0, 0.1) is 3.57 Å². The van der Waals surface area contributed by atoms with Gasteiger partial charge in [-0.05, 0) is 65.1 Å². The molecule has 2 rings (SSSR count). The van der Waals surface area contributed by atoms with E-state index in [1.54, 1.807) is 17.4 Å². The van der Waals surface area contributed by atoms with E-state index in [0.29, 0.717) is 0 Å². The van der Waals surface area contributed by atoms with Gasteiger partial charge >= 0.3 is 16.3 Å². The normalized spacial score (nSPS) is 11.8. The van der Waals surface area contributed by atoms with Crippen LogP contribution in [0.15, 0.2) is 53.4 Å². The lowest BCUT2D eigenvalue weighted by atomic mass is 10.2. The average molecular weight is 485 g/mol. The van der Waals surface area contributed by atoms with Gasteiger partial charge in [0, 0.05) is 9.13 Å². The van der Waals surface area contributed by atoms with Crippen LogP contribution in [-0.4, -0.2) is 27.0 Å². The average Bonchev–Trinajstić information content (AvgIpc) is 2.51. The zero-order chi connectivity index (χ0) is 18.7. The molecule has 0 unspecified atom stereocenters. The molecule has 0 saturated carbocycles. The van der Waals surface area contributed by atoms with Crippen molar-refractivity contribution in [2.75, 3.05) is 6.54 Å². The molecule has 2 aromatic rings. The van der Waals surface area contributed by atoms with E-state index in [1.807, 2.05) is 22.6 Å². The van der Waals surface area contributed by atoms with Gasteiger partial charge in [-0.15, -0.1) is 0 Å². The van der Waals surface area contributed by atoms with Gasteiger partial charge in [0.05, 0.1) is 0 Å². The molecule has 0 aromatic heterocycles. The number of carbonyl (C=O) groups is 1. The summed E-state index contributed by atoms with van der Waals surface area (Å²) < 4.78 is 66.3. The molecule has 0 aliphatic rings. The van der Waals surface area contributed by atoms with Gasteiger partial charge in [0.1, 0.15) is 17.2 Å². The Kier molecular flexibility index (Phi) is 5.93. The fourth-order valence-corrected chi connectivity index (χ4v) is 3.19. The molecule has 0 aliphatic heterocycles. The predicted molar refractivity (Wildman–Crippen MR) is 91.8 cm³/mol. The third kappa shape index (κ3) is 5.88. The van der Waals surface area contributed by atoms with Gasteiger partial charge < -0.3 is 9.50 Å². The molecule has 0 heterocycles. The molecule has 0 saturated heterocycles. The van der Waals surface area contributed by atoms with Gasteiger partial charge in [-0.3, -0.25) is 4.79 Å². The van der Waals surface area contributed by atoms with Gasteiger partial charge in [-0.1, -0.05) is 6.07 Å². The van der Waals surface area contributed by atoms with Gasteiger partial charge in [-0.2, -0.15) is 21.6 Å². The number of amides is 1. The third-order valence-electron chi connectivity index (χ3n) is 2.86. The number of carbonyl (C=O) groups excluding carboxylic acids is 1. The molecule has 0 atom stereocenters. The van der Waals surface area contributed by atoms with Gasteiger partial charge in [-0.25, -0.2) is 0 Å². The lowest BCUT2D eigenvalue weighted by Crippen LogP contribution is -2.33. The van der Waals surface area contributed by atoms with Crippen LogP contribution < -0.4 is 9.50 Å². The second kappa shape index (κ2) is 7.60. The van der Waals surface area contributed by atoms with Crippen molar-refractivity contribution in [1.82, 2.24) is 5.32 Å². The minimum absolute atomic E-state index is 0.0996. The fraction of sp³-hybridized carbons (Fsp3) is 0.133. The van der Waals surface area contributed by atoms with Crippen LogP contribution in [0.2, 0.25) is 0 Å². The first-order valence-electron chi connectivity index (χ1n) is 6.72. The van der Waals surface area contributed by atoms with Crippen LogP contribution in [0.1, 0.15) is 10.4 Å². The van der Waals surface area contributed by atoms with E-state index in [4.69, 9.17) is 4.18 Å². The van der Waals surface area contributed by atoms with Crippen molar-refractivity contribution >= 4 is 38.6 Å². The molecule has 5 nitrogen and oxygen atoms in total. The third-order valence-corrected chi connectivity index (χ3v) is 4.79. The van der Waals surface area contributed by atoms with Gasteiger partial charge in [0.15, 0.2) is 0 Å². The molecule has 0 aliphatic carbocycles. The highest BCUT2D eigenvalue weighted by atomic mass is 127. The van der Waals surface area contributed by atoms with Crippen molar-refractivity contribution in [3.05, 3.63) is 57.7 Å². The summed E-state index contributed by atoms with van der Waals surface area (Å²) >= 11 is 2.00. The Labute approximate surface area is 155 Å². The summed E-state index contributed by atoms with van der Waals surface area (Å²) in [6.45, 7) is -1.47. The second-order valence-corrected chi connectivity index (χ2v) is 7.61. The van der Waals surface area contributed by atoms with E-state index < -0.39 is 28.7 Å². The van der Waals surface area contributed by atoms with E-state index in [9.17, 15) is 26.4 Å². The highest BCUT2D eigenvalue weighted by Crippen LogP contribution is 2.21. The molecular weight excluding hydrogens is 474 g/mol. The number of halogens is 4. The minimum Gasteiger partial charge on any atom is -0.379 e. The quantitative estimate of drug-likeness (QED) is 0.521. The molecule has 134 valence electrons. The summed E-state index contributed by atoms with van der Waals surface area (Å²) in [5.41, 5.74) is -0.0996. The predicted octanol–water partition coefficient (Wildman–Crippen LogP) is 3.35.